The number of halogens is 1. The Hall–Kier alpha value is -3.31. The van der Waals surface area contributed by atoms with Crippen LogP contribution in [0.3, 0.4) is 0 Å². The molecule has 8 heteroatoms. The van der Waals surface area contributed by atoms with Crippen LogP contribution in [0.15, 0.2) is 41.5 Å². The summed E-state index contributed by atoms with van der Waals surface area (Å²) in [5, 5.41) is 9.70. The summed E-state index contributed by atoms with van der Waals surface area (Å²) < 4.78 is 14.0. The molecule has 3 heterocycles. The fourth-order valence-corrected chi connectivity index (χ4v) is 4.92. The smallest absolute Gasteiger partial charge is 0.259 e. The quantitative estimate of drug-likeness (QED) is 0.704. The van der Waals surface area contributed by atoms with Gasteiger partial charge in [0.1, 0.15) is 11.9 Å². The highest BCUT2D eigenvalue weighted by atomic mass is 19.1. The first-order valence-electron chi connectivity index (χ1n) is 10.6. The number of aromatic nitrogens is 3. The fourth-order valence-electron chi connectivity index (χ4n) is 4.92. The summed E-state index contributed by atoms with van der Waals surface area (Å²) in [6, 6.07) is 9.23. The van der Waals surface area contributed by atoms with E-state index in [1.54, 1.807) is 24.5 Å². The molecule has 1 aliphatic carbocycles. The Kier molecular flexibility index (Phi) is 5.12. The zero-order valence-electron chi connectivity index (χ0n) is 17.1. The van der Waals surface area contributed by atoms with Gasteiger partial charge in [0.05, 0.1) is 23.3 Å². The molecule has 5 rings (SSSR count). The highest BCUT2D eigenvalue weighted by molar-refractivity contribution is 5.82. The lowest BCUT2D eigenvalue weighted by molar-refractivity contribution is 0.185. The molecule has 0 spiro atoms. The van der Waals surface area contributed by atoms with Crippen LogP contribution < -0.4 is 10.5 Å². The number of aromatic amines is 1. The maximum Gasteiger partial charge on any atom is 0.259 e. The van der Waals surface area contributed by atoms with Crippen LogP contribution in [0.5, 0.6) is 0 Å². The average molecular weight is 418 g/mol. The monoisotopic (exact) mass is 418 g/mol. The maximum atomic E-state index is 14.0. The van der Waals surface area contributed by atoms with Gasteiger partial charge in [0.15, 0.2) is 0 Å². The molecule has 0 radical (unpaired) electrons. The number of rotatable bonds is 3. The van der Waals surface area contributed by atoms with Crippen molar-refractivity contribution in [3.05, 3.63) is 64.1 Å². The molecule has 1 aromatic carbocycles. The van der Waals surface area contributed by atoms with Gasteiger partial charge in [0, 0.05) is 43.8 Å². The Balaban J connectivity index is 1.24. The lowest BCUT2D eigenvalue weighted by atomic mass is 10.00. The molecule has 0 amide bonds. The van der Waals surface area contributed by atoms with Gasteiger partial charge in [-0.25, -0.2) is 14.4 Å². The van der Waals surface area contributed by atoms with Crippen molar-refractivity contribution < 1.29 is 4.39 Å². The van der Waals surface area contributed by atoms with Crippen molar-refractivity contribution in [3.8, 4) is 6.07 Å². The van der Waals surface area contributed by atoms with E-state index in [-0.39, 0.29) is 16.9 Å². The summed E-state index contributed by atoms with van der Waals surface area (Å²) in [5.41, 5.74) is 1.04. The number of hydrogen-bond donors (Lipinski definition) is 1. The van der Waals surface area contributed by atoms with Gasteiger partial charge in [-0.05, 0) is 36.8 Å². The molecule has 1 saturated carbocycles. The molecule has 2 aromatic heterocycles. The molecule has 1 N–H and O–H groups in total. The second kappa shape index (κ2) is 8.08. The third-order valence-electron chi connectivity index (χ3n) is 6.57. The van der Waals surface area contributed by atoms with Gasteiger partial charge < -0.3 is 9.88 Å². The summed E-state index contributed by atoms with van der Waals surface area (Å²) in [7, 11) is 0. The number of nitrogens with one attached hydrogen (secondary N) is 1. The van der Waals surface area contributed by atoms with Crippen molar-refractivity contribution in [2.75, 3.05) is 31.1 Å². The molecule has 2 atom stereocenters. The highest BCUT2D eigenvalue weighted by Gasteiger charge is 2.33. The molecule has 2 aliphatic rings. The maximum absolute atomic E-state index is 14.0. The molecule has 2 fully saturated rings. The van der Waals surface area contributed by atoms with Crippen LogP contribution in [-0.4, -0.2) is 52.1 Å². The van der Waals surface area contributed by atoms with Crippen LogP contribution >= 0.6 is 0 Å². The molecule has 1 saturated heterocycles. The topological polar surface area (TPSA) is 88.9 Å². The molecule has 7 nitrogen and oxygen atoms in total. The minimum absolute atomic E-state index is 0.141. The van der Waals surface area contributed by atoms with Gasteiger partial charge in [-0.2, -0.15) is 5.26 Å². The van der Waals surface area contributed by atoms with E-state index in [1.807, 2.05) is 12.1 Å². The first-order valence-corrected chi connectivity index (χ1v) is 10.6. The summed E-state index contributed by atoms with van der Waals surface area (Å²) in [4.78, 5) is 28.6. The van der Waals surface area contributed by atoms with Crippen molar-refractivity contribution in [2.45, 2.75) is 31.2 Å². The third kappa shape index (κ3) is 3.77. The SMILES string of the molecule is N#Cc1cnc(N2CCN(C3CC[C@@H](c4cc5cccc(F)c5c(=O)[nH]4)C3)CC2)nc1. The van der Waals surface area contributed by atoms with Crippen LogP contribution in [0, 0.1) is 17.1 Å². The number of anilines is 1. The van der Waals surface area contributed by atoms with E-state index in [2.05, 4.69) is 24.8 Å². The number of pyridine rings is 1. The van der Waals surface area contributed by atoms with Gasteiger partial charge in [-0.1, -0.05) is 12.1 Å². The second-order valence-electron chi connectivity index (χ2n) is 8.33. The predicted octanol–water partition coefficient (Wildman–Crippen LogP) is 2.79. The minimum atomic E-state index is -0.473. The van der Waals surface area contributed by atoms with Crippen molar-refractivity contribution in [1.29, 1.82) is 5.26 Å². The first kappa shape index (κ1) is 19.6. The summed E-state index contributed by atoms with van der Waals surface area (Å²) >= 11 is 0. The standard InChI is InChI=1S/C23H23FN6O/c24-19-3-1-2-17-11-20(28-22(31)21(17)19)16-4-5-18(10-16)29-6-8-30(9-7-29)23-26-13-15(12-25)14-27-23/h1-3,11,13-14,16,18H,4-10H2,(H,28,31)/t16-,18?/m1/s1. The van der Waals surface area contributed by atoms with Crippen LogP contribution in [0.1, 0.15) is 36.4 Å². The zero-order chi connectivity index (χ0) is 21.4. The Morgan fingerprint density at radius 3 is 2.65 bits per heavy atom. The predicted molar refractivity (Wildman–Crippen MR) is 115 cm³/mol. The lowest BCUT2D eigenvalue weighted by Crippen LogP contribution is -2.50. The van der Waals surface area contributed by atoms with Crippen molar-refractivity contribution >= 4 is 16.7 Å². The number of nitrogens with zero attached hydrogens (tertiary/aromatic N) is 5. The first-order chi connectivity index (χ1) is 15.1. The molecule has 158 valence electrons. The van der Waals surface area contributed by atoms with Crippen molar-refractivity contribution in [3.63, 3.8) is 0 Å². The Morgan fingerprint density at radius 2 is 1.90 bits per heavy atom. The summed E-state index contributed by atoms with van der Waals surface area (Å²) in [6.07, 6.45) is 6.21. The highest BCUT2D eigenvalue weighted by Crippen LogP contribution is 2.37. The van der Waals surface area contributed by atoms with Crippen molar-refractivity contribution in [1.82, 2.24) is 19.9 Å². The number of piperazine rings is 1. The van der Waals surface area contributed by atoms with E-state index in [4.69, 9.17) is 5.26 Å². The molecule has 31 heavy (non-hydrogen) atoms. The number of fused-ring (bicyclic) bond motifs is 1. The number of benzene rings is 1. The number of H-pyrrole nitrogens is 1. The van der Waals surface area contributed by atoms with E-state index in [1.165, 1.54) is 6.07 Å². The van der Waals surface area contributed by atoms with E-state index in [0.29, 0.717) is 22.9 Å². The van der Waals surface area contributed by atoms with Gasteiger partial charge in [-0.3, -0.25) is 9.69 Å². The molecule has 1 unspecified atom stereocenters. The van der Waals surface area contributed by atoms with E-state index < -0.39 is 5.82 Å². The van der Waals surface area contributed by atoms with Crippen LogP contribution in [0.25, 0.3) is 10.8 Å². The summed E-state index contributed by atoms with van der Waals surface area (Å²) in [5.74, 6) is 0.480. The molecule has 3 aromatic rings. The van der Waals surface area contributed by atoms with Gasteiger partial charge >= 0.3 is 0 Å². The van der Waals surface area contributed by atoms with E-state index >= 15 is 0 Å². The Labute approximate surface area is 179 Å². The average Bonchev–Trinajstić information content (AvgIpc) is 3.29. The van der Waals surface area contributed by atoms with Crippen LogP contribution in [0.4, 0.5) is 10.3 Å². The normalized spacial score (nSPS) is 22.0. The molecule has 1 aliphatic heterocycles. The number of nitriles is 1. The van der Waals surface area contributed by atoms with Crippen LogP contribution in [-0.2, 0) is 0 Å². The van der Waals surface area contributed by atoms with E-state index in [9.17, 15) is 9.18 Å². The number of hydrogen-bond acceptors (Lipinski definition) is 6. The van der Waals surface area contributed by atoms with Crippen LogP contribution in [0.2, 0.25) is 0 Å². The molecular weight excluding hydrogens is 395 g/mol. The Morgan fingerprint density at radius 1 is 1.13 bits per heavy atom. The largest absolute Gasteiger partial charge is 0.338 e. The van der Waals surface area contributed by atoms with Crippen molar-refractivity contribution in [2.24, 2.45) is 0 Å². The Bertz CT molecular complexity index is 1190. The van der Waals surface area contributed by atoms with Gasteiger partial charge in [0.2, 0.25) is 5.95 Å². The molecular formula is C23H23FN6O. The summed E-state index contributed by atoms with van der Waals surface area (Å²) in [6.45, 7) is 3.55. The second-order valence-corrected chi connectivity index (χ2v) is 8.33. The molecule has 0 bridgehead atoms. The lowest BCUT2D eigenvalue weighted by Gasteiger charge is -2.38. The van der Waals surface area contributed by atoms with Gasteiger partial charge in [-0.15, -0.1) is 0 Å². The third-order valence-corrected chi connectivity index (χ3v) is 6.57. The minimum Gasteiger partial charge on any atom is -0.338 e. The fraction of sp³-hybridized carbons (Fsp3) is 0.391. The van der Waals surface area contributed by atoms with E-state index in [0.717, 1.165) is 51.1 Å². The zero-order valence-corrected chi connectivity index (χ0v) is 17.1. The van der Waals surface area contributed by atoms with Gasteiger partial charge in [0.25, 0.3) is 5.56 Å².